The van der Waals surface area contributed by atoms with Crippen molar-refractivity contribution in [2.45, 2.75) is 37.1 Å². The highest BCUT2D eigenvalue weighted by Crippen LogP contribution is 2.30. The number of fused-ring (bicyclic) bond motifs is 1. The van der Waals surface area contributed by atoms with Crippen LogP contribution in [0.25, 0.3) is 0 Å². The molecule has 170 valence electrons. The first-order chi connectivity index (χ1) is 15.2. The zero-order valence-corrected chi connectivity index (χ0v) is 17.9. The summed E-state index contributed by atoms with van der Waals surface area (Å²) in [6.07, 6.45) is -0.576. The first-order valence-electron chi connectivity index (χ1n) is 9.35. The lowest BCUT2D eigenvalue weighted by atomic mass is 9.98. The number of carbonyl (C=O) groups excluding carboxylic acids is 1. The highest BCUT2D eigenvalue weighted by atomic mass is 35.5. The van der Waals surface area contributed by atoms with Crippen LogP contribution in [0.3, 0.4) is 0 Å². The lowest BCUT2D eigenvalue weighted by Crippen LogP contribution is -2.33. The Morgan fingerprint density at radius 2 is 1.97 bits per heavy atom. The molecule has 0 saturated heterocycles. The topological polar surface area (TPSA) is 123 Å². The Kier molecular flexibility index (Phi) is 5.97. The fraction of sp³-hybridized carbons (Fsp3) is 0.333. The number of benzene rings is 1. The number of aromatic nitrogens is 5. The van der Waals surface area contributed by atoms with E-state index in [0.29, 0.717) is 25.9 Å². The molecule has 2 aromatic heterocycles. The Morgan fingerprint density at radius 3 is 2.62 bits per heavy atom. The van der Waals surface area contributed by atoms with Crippen LogP contribution < -0.4 is 0 Å². The van der Waals surface area contributed by atoms with Crippen LogP contribution >= 0.6 is 11.6 Å². The predicted molar refractivity (Wildman–Crippen MR) is 106 cm³/mol. The average Bonchev–Trinajstić information content (AvgIpc) is 3.44. The Bertz CT molecular complexity index is 1240. The van der Waals surface area contributed by atoms with Crippen molar-refractivity contribution in [1.82, 2.24) is 28.9 Å². The summed E-state index contributed by atoms with van der Waals surface area (Å²) in [6, 6.07) is 6.70. The number of nitrogens with zero attached hydrogens (tertiary/aromatic N) is 6. The second-order valence-electron chi connectivity index (χ2n) is 7.07. The Hall–Kier alpha value is -2.90. The molecule has 0 unspecified atom stereocenters. The molecule has 14 heteroatoms. The van der Waals surface area contributed by atoms with Gasteiger partial charge in [-0.25, -0.2) is 18.4 Å². The average molecular weight is 487 g/mol. The molecule has 1 atom stereocenters. The van der Waals surface area contributed by atoms with Crippen molar-refractivity contribution >= 4 is 27.5 Å². The number of halogens is 3. The molecule has 1 aliphatic rings. The van der Waals surface area contributed by atoms with Gasteiger partial charge in [0.05, 0.1) is 24.8 Å². The minimum Gasteiger partial charge on any atom is -0.395 e. The Balaban J connectivity index is 1.52. The molecule has 0 fully saturated rings. The molecule has 4 rings (SSSR count). The van der Waals surface area contributed by atoms with Crippen molar-refractivity contribution in [1.29, 1.82) is 0 Å². The summed E-state index contributed by atoms with van der Waals surface area (Å²) < 4.78 is 51.7. The highest BCUT2D eigenvalue weighted by Gasteiger charge is 2.34. The molecular formula is C18H17ClF2N6O4S. The van der Waals surface area contributed by atoms with Gasteiger partial charge in [0.25, 0.3) is 11.6 Å². The quantitative estimate of drug-likeness (QED) is 0.533. The molecule has 1 aromatic carbocycles. The number of carbonyl (C=O) groups is 1. The van der Waals surface area contributed by atoms with Gasteiger partial charge in [0, 0.05) is 23.3 Å². The standard InChI is InChI=1S/C18H17ClF2N6O4S/c19-14-4-2-1-3-12(14)13(9-28)17(29)25-5-11-6-27(23-15(11)7-25)32(30,31)18-22-10-26(24-18)8-16(20)21/h1-4,6,10,13,16,28H,5,7-9H2/t13-/m0/s1. The molecular weight excluding hydrogens is 470 g/mol. The molecule has 1 N–H and O–H groups in total. The maximum absolute atomic E-state index is 13.0. The smallest absolute Gasteiger partial charge is 0.320 e. The maximum Gasteiger partial charge on any atom is 0.320 e. The summed E-state index contributed by atoms with van der Waals surface area (Å²) in [6.45, 7) is -1.12. The van der Waals surface area contributed by atoms with Crippen LogP contribution in [0.1, 0.15) is 22.7 Å². The van der Waals surface area contributed by atoms with Gasteiger partial charge >= 0.3 is 10.0 Å². The summed E-state index contributed by atoms with van der Waals surface area (Å²) in [5, 5.41) is 17.1. The maximum atomic E-state index is 13.0. The lowest BCUT2D eigenvalue weighted by molar-refractivity contribution is -0.134. The van der Waals surface area contributed by atoms with Crippen molar-refractivity contribution in [2.24, 2.45) is 0 Å². The first kappa shape index (κ1) is 22.3. The van der Waals surface area contributed by atoms with Gasteiger partial charge in [0.15, 0.2) is 0 Å². The molecule has 3 heterocycles. The molecule has 0 aliphatic carbocycles. The van der Waals surface area contributed by atoms with Gasteiger partial charge in [-0.05, 0) is 11.6 Å². The summed E-state index contributed by atoms with van der Waals surface area (Å²) in [5.41, 5.74) is 1.33. The number of aliphatic hydroxyl groups excluding tert-OH is 1. The second-order valence-corrected chi connectivity index (χ2v) is 9.17. The third-order valence-corrected chi connectivity index (χ3v) is 6.62. The van der Waals surface area contributed by atoms with Crippen LogP contribution in [0.5, 0.6) is 0 Å². The van der Waals surface area contributed by atoms with E-state index >= 15 is 0 Å². The predicted octanol–water partition coefficient (Wildman–Crippen LogP) is 1.25. The van der Waals surface area contributed by atoms with E-state index in [0.717, 1.165) is 11.0 Å². The van der Waals surface area contributed by atoms with E-state index in [4.69, 9.17) is 11.6 Å². The summed E-state index contributed by atoms with van der Waals surface area (Å²) in [7, 11) is -4.28. The van der Waals surface area contributed by atoms with Crippen molar-refractivity contribution < 1.29 is 27.1 Å². The molecule has 0 saturated carbocycles. The second kappa shape index (κ2) is 8.56. The van der Waals surface area contributed by atoms with Gasteiger partial charge in [-0.3, -0.25) is 4.79 Å². The van der Waals surface area contributed by atoms with Gasteiger partial charge in [-0.15, -0.1) is 5.10 Å². The Morgan fingerprint density at radius 1 is 1.22 bits per heavy atom. The van der Waals surface area contributed by atoms with Crippen molar-refractivity contribution in [3.05, 3.63) is 58.6 Å². The largest absolute Gasteiger partial charge is 0.395 e. The third kappa shape index (κ3) is 4.10. The fourth-order valence-electron chi connectivity index (χ4n) is 3.40. The molecule has 0 bridgehead atoms. The van der Waals surface area contributed by atoms with E-state index in [9.17, 15) is 27.1 Å². The molecule has 10 nitrogen and oxygen atoms in total. The van der Waals surface area contributed by atoms with E-state index in [1.165, 1.54) is 11.1 Å². The van der Waals surface area contributed by atoms with Crippen LogP contribution in [-0.4, -0.2) is 61.3 Å². The number of hydrogen-bond donors (Lipinski definition) is 1. The monoisotopic (exact) mass is 486 g/mol. The minimum atomic E-state index is -4.28. The highest BCUT2D eigenvalue weighted by molar-refractivity contribution is 7.89. The molecule has 1 amide bonds. The Labute approximate surface area is 186 Å². The van der Waals surface area contributed by atoms with Crippen molar-refractivity contribution in [2.75, 3.05) is 6.61 Å². The van der Waals surface area contributed by atoms with Gasteiger partial charge in [0.2, 0.25) is 5.91 Å². The fourth-order valence-corrected chi connectivity index (χ4v) is 4.70. The number of hydrogen-bond acceptors (Lipinski definition) is 7. The van der Waals surface area contributed by atoms with Gasteiger partial charge < -0.3 is 10.0 Å². The number of rotatable bonds is 7. The van der Waals surface area contributed by atoms with E-state index in [1.54, 1.807) is 24.3 Å². The van der Waals surface area contributed by atoms with Gasteiger partial charge in [0.1, 0.15) is 12.9 Å². The third-order valence-electron chi connectivity index (χ3n) is 4.95. The van der Waals surface area contributed by atoms with E-state index in [2.05, 4.69) is 15.2 Å². The molecule has 1 aliphatic heterocycles. The molecule has 32 heavy (non-hydrogen) atoms. The minimum absolute atomic E-state index is 0.0326. The number of aliphatic hydroxyl groups is 1. The van der Waals surface area contributed by atoms with Crippen LogP contribution in [0, 0.1) is 0 Å². The normalized spacial score (nSPS) is 14.7. The van der Waals surface area contributed by atoms with E-state index in [1.807, 2.05) is 0 Å². The molecule has 3 aromatic rings. The van der Waals surface area contributed by atoms with Crippen LogP contribution in [0.4, 0.5) is 8.78 Å². The van der Waals surface area contributed by atoms with Gasteiger partial charge in [-0.1, -0.05) is 29.8 Å². The zero-order chi connectivity index (χ0) is 23.0. The van der Waals surface area contributed by atoms with Crippen molar-refractivity contribution in [3.8, 4) is 0 Å². The lowest BCUT2D eigenvalue weighted by Gasteiger charge is -2.22. The van der Waals surface area contributed by atoms with E-state index in [-0.39, 0.29) is 19.0 Å². The summed E-state index contributed by atoms with van der Waals surface area (Å²) in [4.78, 5) is 18.0. The zero-order valence-electron chi connectivity index (χ0n) is 16.3. The molecule has 0 radical (unpaired) electrons. The van der Waals surface area contributed by atoms with Crippen LogP contribution in [-0.2, 0) is 34.5 Å². The van der Waals surface area contributed by atoms with Gasteiger partial charge in [-0.2, -0.15) is 17.6 Å². The molecule has 0 spiro atoms. The first-order valence-corrected chi connectivity index (χ1v) is 11.2. The summed E-state index contributed by atoms with van der Waals surface area (Å²) >= 11 is 6.16. The number of amides is 1. The SMILES string of the molecule is O=C([C@@H](CO)c1ccccc1Cl)N1Cc2cn(S(=O)(=O)c3ncn(CC(F)F)n3)nc2C1. The summed E-state index contributed by atoms with van der Waals surface area (Å²) in [5.74, 6) is -1.24. The number of alkyl halides is 2. The van der Waals surface area contributed by atoms with E-state index < -0.39 is 40.7 Å². The van der Waals surface area contributed by atoms with Crippen molar-refractivity contribution in [3.63, 3.8) is 0 Å². The van der Waals surface area contributed by atoms with Crippen LogP contribution in [0.15, 0.2) is 41.9 Å². The van der Waals surface area contributed by atoms with Crippen LogP contribution in [0.2, 0.25) is 5.02 Å².